The second-order valence-corrected chi connectivity index (χ2v) is 9.44. The first-order chi connectivity index (χ1) is 13.5. The number of esters is 1. The van der Waals surface area contributed by atoms with E-state index in [9.17, 15) is 22.8 Å². The predicted molar refractivity (Wildman–Crippen MR) is 107 cm³/mol. The van der Waals surface area contributed by atoms with E-state index < -0.39 is 28.0 Å². The van der Waals surface area contributed by atoms with Gasteiger partial charge in [-0.15, -0.1) is 0 Å². The lowest BCUT2D eigenvalue weighted by atomic mass is 9.98. The van der Waals surface area contributed by atoms with Gasteiger partial charge in [0.2, 0.25) is 10.0 Å². The molecule has 1 N–H and O–H groups in total. The number of nitrogens with one attached hydrogen (secondary N) is 1. The van der Waals surface area contributed by atoms with E-state index in [1.807, 2.05) is 13.8 Å². The van der Waals surface area contributed by atoms with Gasteiger partial charge >= 0.3 is 5.97 Å². The first kappa shape index (κ1) is 23.0. The van der Waals surface area contributed by atoms with Crippen LogP contribution in [0.3, 0.4) is 0 Å². The van der Waals surface area contributed by atoms with E-state index >= 15 is 0 Å². The number of ketones is 1. The minimum absolute atomic E-state index is 0.0569. The van der Waals surface area contributed by atoms with E-state index in [1.54, 1.807) is 6.07 Å². The van der Waals surface area contributed by atoms with Gasteiger partial charge in [0.25, 0.3) is 5.91 Å². The Bertz CT molecular complexity index is 873. The molecule has 0 radical (unpaired) electrons. The molecule has 9 heteroatoms. The molecule has 0 unspecified atom stereocenters. The quantitative estimate of drug-likeness (QED) is 0.527. The number of ether oxygens (including phenoxy) is 1. The largest absolute Gasteiger partial charge is 0.452 e. The van der Waals surface area contributed by atoms with E-state index in [1.165, 1.54) is 36.4 Å². The lowest BCUT2D eigenvalue weighted by molar-refractivity contribution is -0.160. The molecule has 0 bridgehead atoms. The fourth-order valence-electron chi connectivity index (χ4n) is 3.08. The third kappa shape index (κ3) is 5.86. The molecule has 0 aliphatic carbocycles. The van der Waals surface area contributed by atoms with E-state index in [0.29, 0.717) is 18.4 Å². The maximum absolute atomic E-state index is 12.9. The SMILES string of the molecule is CC(=O)c1cccc(S(=O)(=O)N2CCC(C(=O)O[C@H](C)C(=O)NC(C)C)CC2)c1. The van der Waals surface area contributed by atoms with E-state index in [2.05, 4.69) is 5.32 Å². The molecule has 1 aliphatic rings. The summed E-state index contributed by atoms with van der Waals surface area (Å²) in [6.45, 7) is 6.85. The second kappa shape index (κ2) is 9.49. The summed E-state index contributed by atoms with van der Waals surface area (Å²) >= 11 is 0. The minimum Gasteiger partial charge on any atom is -0.452 e. The van der Waals surface area contributed by atoms with Crippen LogP contribution in [0.5, 0.6) is 0 Å². The van der Waals surface area contributed by atoms with Gasteiger partial charge < -0.3 is 10.1 Å². The number of carbonyl (C=O) groups is 3. The van der Waals surface area contributed by atoms with Crippen LogP contribution in [0, 0.1) is 5.92 Å². The maximum Gasteiger partial charge on any atom is 0.309 e. The number of carbonyl (C=O) groups excluding carboxylic acids is 3. The number of hydrogen-bond donors (Lipinski definition) is 1. The summed E-state index contributed by atoms with van der Waals surface area (Å²) in [5.41, 5.74) is 0.332. The van der Waals surface area contributed by atoms with Crippen molar-refractivity contribution in [2.24, 2.45) is 5.92 Å². The molecule has 0 spiro atoms. The first-order valence-electron chi connectivity index (χ1n) is 9.64. The van der Waals surface area contributed by atoms with Crippen LogP contribution < -0.4 is 5.32 Å². The molecule has 1 aliphatic heterocycles. The topological polar surface area (TPSA) is 110 Å². The Balaban J connectivity index is 1.97. The molecule has 2 rings (SSSR count). The Hall–Kier alpha value is -2.26. The summed E-state index contributed by atoms with van der Waals surface area (Å²) in [7, 11) is -3.75. The molecule has 1 aromatic rings. The number of Topliss-reactive ketones (excluding diaryl/α,β-unsaturated/α-hetero) is 1. The zero-order chi connectivity index (χ0) is 21.8. The molecule has 1 amide bonds. The van der Waals surface area contributed by atoms with Crippen molar-refractivity contribution in [1.29, 1.82) is 0 Å². The summed E-state index contributed by atoms with van der Waals surface area (Å²) in [5, 5.41) is 2.68. The number of benzene rings is 1. The van der Waals surface area contributed by atoms with Crippen molar-refractivity contribution in [3.05, 3.63) is 29.8 Å². The van der Waals surface area contributed by atoms with Crippen LogP contribution in [0.25, 0.3) is 0 Å². The molecule has 8 nitrogen and oxygen atoms in total. The highest BCUT2D eigenvalue weighted by molar-refractivity contribution is 7.89. The third-order valence-corrected chi connectivity index (χ3v) is 6.65. The molecule has 0 aromatic heterocycles. The van der Waals surface area contributed by atoms with Gasteiger partial charge in [0.1, 0.15) is 0 Å². The molecule has 1 aromatic carbocycles. The minimum atomic E-state index is -3.75. The number of sulfonamides is 1. The van der Waals surface area contributed by atoms with Crippen LogP contribution in [0.1, 0.15) is 50.9 Å². The lowest BCUT2D eigenvalue weighted by Crippen LogP contribution is -2.43. The zero-order valence-corrected chi connectivity index (χ0v) is 18.0. The average Bonchev–Trinajstić information content (AvgIpc) is 2.67. The third-order valence-electron chi connectivity index (χ3n) is 4.76. The lowest BCUT2D eigenvalue weighted by Gasteiger charge is -2.30. The Labute approximate surface area is 171 Å². The van der Waals surface area contributed by atoms with Crippen LogP contribution >= 0.6 is 0 Å². The van der Waals surface area contributed by atoms with Crippen molar-refractivity contribution >= 4 is 27.7 Å². The van der Waals surface area contributed by atoms with Crippen LogP contribution in [-0.4, -0.2) is 55.6 Å². The van der Waals surface area contributed by atoms with Gasteiger partial charge in [0.15, 0.2) is 11.9 Å². The summed E-state index contributed by atoms with van der Waals surface area (Å²) in [6.07, 6.45) is -0.285. The average molecular weight is 425 g/mol. The Morgan fingerprint density at radius 1 is 1.14 bits per heavy atom. The fourth-order valence-corrected chi connectivity index (χ4v) is 4.60. The van der Waals surface area contributed by atoms with Crippen molar-refractivity contribution in [3.8, 4) is 0 Å². The Morgan fingerprint density at radius 3 is 2.31 bits per heavy atom. The number of amides is 1. The van der Waals surface area contributed by atoms with Gasteiger partial charge in [-0.25, -0.2) is 8.42 Å². The summed E-state index contributed by atoms with van der Waals surface area (Å²) in [4.78, 5) is 35.8. The van der Waals surface area contributed by atoms with Crippen LogP contribution in [0.4, 0.5) is 0 Å². The van der Waals surface area contributed by atoms with Crippen molar-refractivity contribution in [2.45, 2.75) is 57.6 Å². The van der Waals surface area contributed by atoms with Gasteiger partial charge in [-0.1, -0.05) is 12.1 Å². The van der Waals surface area contributed by atoms with Gasteiger partial charge in [-0.2, -0.15) is 4.31 Å². The standard InChI is InChI=1S/C20H28N2O6S/c1-13(2)21-19(24)15(4)28-20(25)16-8-10-22(11-9-16)29(26,27)18-7-5-6-17(12-18)14(3)23/h5-7,12-13,15-16H,8-11H2,1-4H3,(H,21,24)/t15-/m1/s1. The van der Waals surface area contributed by atoms with Gasteiger partial charge in [-0.05, 0) is 52.7 Å². The highest BCUT2D eigenvalue weighted by Gasteiger charge is 2.34. The molecular weight excluding hydrogens is 396 g/mol. The van der Waals surface area contributed by atoms with Crippen molar-refractivity contribution in [1.82, 2.24) is 9.62 Å². The molecule has 1 atom stereocenters. The predicted octanol–water partition coefficient (Wildman–Crippen LogP) is 1.75. The van der Waals surface area contributed by atoms with Gasteiger partial charge in [-0.3, -0.25) is 14.4 Å². The van der Waals surface area contributed by atoms with Gasteiger partial charge in [0.05, 0.1) is 10.8 Å². The summed E-state index contributed by atoms with van der Waals surface area (Å²) in [6, 6.07) is 5.88. The Kier molecular flexibility index (Phi) is 7.54. The van der Waals surface area contributed by atoms with E-state index in [4.69, 9.17) is 4.74 Å². The van der Waals surface area contributed by atoms with Gasteiger partial charge in [0, 0.05) is 24.7 Å². The van der Waals surface area contributed by atoms with Crippen LogP contribution in [-0.2, 0) is 24.3 Å². The Morgan fingerprint density at radius 2 is 1.76 bits per heavy atom. The summed E-state index contributed by atoms with van der Waals surface area (Å²) in [5.74, 6) is -1.52. The number of hydrogen-bond acceptors (Lipinski definition) is 6. The van der Waals surface area contributed by atoms with E-state index in [-0.39, 0.29) is 35.7 Å². The molecule has 0 saturated carbocycles. The van der Waals surface area contributed by atoms with Crippen molar-refractivity contribution in [3.63, 3.8) is 0 Å². The second-order valence-electron chi connectivity index (χ2n) is 7.50. The number of piperidine rings is 1. The van der Waals surface area contributed by atoms with Crippen LogP contribution in [0.15, 0.2) is 29.2 Å². The number of nitrogens with zero attached hydrogens (tertiary/aromatic N) is 1. The highest BCUT2D eigenvalue weighted by atomic mass is 32.2. The van der Waals surface area contributed by atoms with E-state index in [0.717, 1.165) is 0 Å². The maximum atomic E-state index is 12.9. The normalized spacial score (nSPS) is 17.0. The molecule has 1 heterocycles. The highest BCUT2D eigenvalue weighted by Crippen LogP contribution is 2.25. The first-order valence-corrected chi connectivity index (χ1v) is 11.1. The van der Waals surface area contributed by atoms with Crippen molar-refractivity contribution in [2.75, 3.05) is 13.1 Å². The molecule has 1 fully saturated rings. The monoisotopic (exact) mass is 424 g/mol. The molecular formula is C20H28N2O6S. The molecule has 1 saturated heterocycles. The molecule has 29 heavy (non-hydrogen) atoms. The van der Waals surface area contributed by atoms with Crippen molar-refractivity contribution < 1.29 is 27.5 Å². The summed E-state index contributed by atoms with van der Waals surface area (Å²) < 4.78 is 32.3. The smallest absolute Gasteiger partial charge is 0.309 e. The zero-order valence-electron chi connectivity index (χ0n) is 17.2. The fraction of sp³-hybridized carbons (Fsp3) is 0.550. The van der Waals surface area contributed by atoms with Crippen LogP contribution in [0.2, 0.25) is 0 Å². The number of rotatable bonds is 7. The molecule has 160 valence electrons.